The molecular weight excluding hydrogens is 639 g/mol. The van der Waals surface area contributed by atoms with E-state index in [0.717, 1.165) is 51.4 Å². The van der Waals surface area contributed by atoms with Gasteiger partial charge in [-0.15, -0.1) is 0 Å². The number of phosphoric acid groups is 1. The number of carbonyl (C=O) groups excluding carboxylic acids is 2. The third-order valence-corrected chi connectivity index (χ3v) is 9.52. The minimum absolute atomic E-state index is 0.206. The van der Waals surface area contributed by atoms with Crippen LogP contribution in [0.25, 0.3) is 0 Å². The fraction of sp³-hybridized carbons (Fsp3) is 0.900. The first-order valence-corrected chi connectivity index (χ1v) is 22.0. The van der Waals surface area contributed by atoms with Gasteiger partial charge in [-0.3, -0.25) is 14.1 Å². The van der Waals surface area contributed by atoms with Crippen molar-refractivity contribution >= 4 is 19.8 Å². The summed E-state index contributed by atoms with van der Waals surface area (Å²) in [4.78, 5) is 42.8. The lowest BCUT2D eigenvalue weighted by atomic mass is 10.0. The van der Waals surface area contributed by atoms with E-state index in [1.54, 1.807) is 0 Å². The van der Waals surface area contributed by atoms with Crippen LogP contribution in [0.4, 0.5) is 0 Å². The molecule has 0 aromatic carbocycles. The Morgan fingerprint density at radius 2 is 0.857 bits per heavy atom. The molecule has 0 amide bonds. The molecule has 1 unspecified atom stereocenters. The van der Waals surface area contributed by atoms with E-state index in [1.807, 2.05) is 0 Å². The summed E-state index contributed by atoms with van der Waals surface area (Å²) in [6, 6.07) is 0. The number of esters is 2. The molecule has 2 N–H and O–H groups in total. The van der Waals surface area contributed by atoms with Crippen molar-refractivity contribution < 1.29 is 37.9 Å². The van der Waals surface area contributed by atoms with Gasteiger partial charge in [-0.25, -0.2) is 4.57 Å². The van der Waals surface area contributed by atoms with Crippen LogP contribution in [0, 0.1) is 0 Å². The Morgan fingerprint density at radius 1 is 0.510 bits per heavy atom. The van der Waals surface area contributed by atoms with Crippen molar-refractivity contribution in [1.29, 1.82) is 0 Å². The first kappa shape index (κ1) is 47.8. The lowest BCUT2D eigenvalue weighted by molar-refractivity contribution is -0.161. The minimum atomic E-state index is -4.75. The SMILES string of the molecule is CCCCCCCC/C=C\CCCCCCCC(=O)OC(COC(=O)CCCCCCCCCCCCCCCCCC)COP(=O)(O)O. The average molecular weight is 717 g/mol. The van der Waals surface area contributed by atoms with Crippen molar-refractivity contribution in [2.24, 2.45) is 0 Å². The number of hydrogen-bond acceptors (Lipinski definition) is 6. The van der Waals surface area contributed by atoms with Crippen molar-refractivity contribution in [3.8, 4) is 0 Å². The van der Waals surface area contributed by atoms with Crippen LogP contribution in [0.2, 0.25) is 0 Å². The van der Waals surface area contributed by atoms with E-state index in [4.69, 9.17) is 19.3 Å². The fourth-order valence-corrected chi connectivity index (χ4v) is 6.32. The second-order valence-corrected chi connectivity index (χ2v) is 15.2. The van der Waals surface area contributed by atoms with Crippen LogP contribution >= 0.6 is 7.82 Å². The summed E-state index contributed by atoms with van der Waals surface area (Å²) < 4.78 is 26.4. The molecule has 8 nitrogen and oxygen atoms in total. The maximum atomic E-state index is 12.4. The minimum Gasteiger partial charge on any atom is -0.462 e. The fourth-order valence-electron chi connectivity index (χ4n) is 5.96. The van der Waals surface area contributed by atoms with E-state index in [2.05, 4.69) is 30.5 Å². The molecule has 0 bridgehead atoms. The van der Waals surface area contributed by atoms with Crippen LogP contribution in [-0.4, -0.2) is 41.0 Å². The van der Waals surface area contributed by atoms with Crippen LogP contribution < -0.4 is 0 Å². The highest BCUT2D eigenvalue weighted by molar-refractivity contribution is 7.46. The molecule has 0 fully saturated rings. The maximum absolute atomic E-state index is 12.4. The topological polar surface area (TPSA) is 119 Å². The van der Waals surface area contributed by atoms with Gasteiger partial charge in [0.2, 0.25) is 0 Å². The van der Waals surface area contributed by atoms with Gasteiger partial charge in [-0.2, -0.15) is 0 Å². The standard InChI is InChI=1S/C40H77O8P/c1-3-5-7-9-11-13-15-17-19-21-22-24-26-28-30-32-34-39(41)46-36-38(37-47-49(43,44)45)48-40(42)35-33-31-29-27-25-23-20-18-16-14-12-10-8-6-4-2/h18,20,38H,3-17,19,21-37H2,1-2H3,(H2,43,44,45)/b20-18-. The summed E-state index contributed by atoms with van der Waals surface area (Å²) in [5.41, 5.74) is 0. The summed E-state index contributed by atoms with van der Waals surface area (Å²) in [7, 11) is -4.75. The largest absolute Gasteiger partial charge is 0.469 e. The molecule has 0 saturated heterocycles. The first-order chi connectivity index (χ1) is 23.8. The quantitative estimate of drug-likeness (QED) is 0.0280. The molecule has 0 aromatic rings. The van der Waals surface area contributed by atoms with Crippen LogP contribution in [0.3, 0.4) is 0 Å². The smallest absolute Gasteiger partial charge is 0.462 e. The Labute approximate surface area is 301 Å². The Kier molecular flexibility index (Phi) is 35.7. The van der Waals surface area contributed by atoms with Crippen LogP contribution in [0.15, 0.2) is 12.2 Å². The zero-order valence-corrected chi connectivity index (χ0v) is 32.8. The van der Waals surface area contributed by atoms with Gasteiger partial charge in [-0.05, 0) is 38.5 Å². The number of carbonyl (C=O) groups is 2. The molecule has 0 radical (unpaired) electrons. The highest BCUT2D eigenvalue weighted by Gasteiger charge is 2.22. The van der Waals surface area contributed by atoms with Crippen molar-refractivity contribution in [2.75, 3.05) is 13.2 Å². The van der Waals surface area contributed by atoms with Crippen molar-refractivity contribution in [3.05, 3.63) is 12.2 Å². The Morgan fingerprint density at radius 3 is 1.24 bits per heavy atom. The summed E-state index contributed by atoms with van der Waals surface area (Å²) in [6.07, 6.45) is 39.3. The van der Waals surface area contributed by atoms with Gasteiger partial charge in [0.25, 0.3) is 0 Å². The first-order valence-electron chi connectivity index (χ1n) is 20.5. The Balaban J connectivity index is 3.91. The summed E-state index contributed by atoms with van der Waals surface area (Å²) in [5, 5.41) is 0. The van der Waals surface area contributed by atoms with Crippen LogP contribution in [-0.2, 0) is 28.2 Å². The van der Waals surface area contributed by atoms with Gasteiger partial charge in [0.15, 0.2) is 6.10 Å². The van der Waals surface area contributed by atoms with E-state index in [9.17, 15) is 14.2 Å². The lowest BCUT2D eigenvalue weighted by Crippen LogP contribution is -2.29. The number of phosphoric ester groups is 1. The summed E-state index contributed by atoms with van der Waals surface area (Å²) >= 11 is 0. The van der Waals surface area contributed by atoms with E-state index >= 15 is 0 Å². The molecule has 49 heavy (non-hydrogen) atoms. The van der Waals surface area contributed by atoms with Crippen molar-refractivity contribution in [2.45, 2.75) is 219 Å². The lowest BCUT2D eigenvalue weighted by Gasteiger charge is -2.18. The molecule has 0 rings (SSSR count). The number of allylic oxidation sites excluding steroid dienone is 2. The number of unbranched alkanes of at least 4 members (excludes halogenated alkanes) is 26. The molecule has 0 spiro atoms. The molecule has 1 atom stereocenters. The molecule has 0 saturated carbocycles. The van der Waals surface area contributed by atoms with E-state index in [-0.39, 0.29) is 19.4 Å². The van der Waals surface area contributed by atoms with Gasteiger partial charge in [0.05, 0.1) is 6.61 Å². The predicted octanol–water partition coefficient (Wildman–Crippen LogP) is 12.2. The number of rotatable bonds is 38. The highest BCUT2D eigenvalue weighted by atomic mass is 31.2. The average Bonchev–Trinajstić information content (AvgIpc) is 3.07. The van der Waals surface area contributed by atoms with Crippen molar-refractivity contribution in [1.82, 2.24) is 0 Å². The third kappa shape index (κ3) is 39.4. The monoisotopic (exact) mass is 717 g/mol. The van der Waals surface area contributed by atoms with Gasteiger partial charge in [-0.1, -0.05) is 174 Å². The van der Waals surface area contributed by atoms with Crippen LogP contribution in [0.5, 0.6) is 0 Å². The predicted molar refractivity (Wildman–Crippen MR) is 202 cm³/mol. The zero-order valence-electron chi connectivity index (χ0n) is 31.9. The summed E-state index contributed by atoms with van der Waals surface area (Å²) in [5.74, 6) is -0.884. The van der Waals surface area contributed by atoms with Gasteiger partial charge < -0.3 is 19.3 Å². The number of hydrogen-bond donors (Lipinski definition) is 2. The van der Waals surface area contributed by atoms with Crippen molar-refractivity contribution in [3.63, 3.8) is 0 Å². The molecule has 0 heterocycles. The molecule has 0 aliphatic carbocycles. The maximum Gasteiger partial charge on any atom is 0.469 e. The summed E-state index contributed by atoms with van der Waals surface area (Å²) in [6.45, 7) is 3.69. The second-order valence-electron chi connectivity index (χ2n) is 14.0. The third-order valence-electron chi connectivity index (χ3n) is 9.03. The molecule has 0 aromatic heterocycles. The zero-order chi connectivity index (χ0) is 36.1. The molecule has 0 aliphatic rings. The molecule has 9 heteroatoms. The van der Waals surface area contributed by atoms with Gasteiger partial charge in [0.1, 0.15) is 6.61 Å². The van der Waals surface area contributed by atoms with E-state index in [1.165, 1.54) is 128 Å². The molecule has 290 valence electrons. The van der Waals surface area contributed by atoms with Gasteiger partial charge >= 0.3 is 19.8 Å². The van der Waals surface area contributed by atoms with E-state index in [0.29, 0.717) is 6.42 Å². The van der Waals surface area contributed by atoms with Crippen LogP contribution in [0.1, 0.15) is 213 Å². The number of ether oxygens (including phenoxy) is 2. The Bertz CT molecular complexity index is 812. The normalized spacial score (nSPS) is 12.5. The molecular formula is C40H77O8P. The van der Waals surface area contributed by atoms with Gasteiger partial charge in [0, 0.05) is 12.8 Å². The molecule has 0 aliphatic heterocycles. The Hall–Kier alpha value is -1.21. The van der Waals surface area contributed by atoms with E-state index < -0.39 is 32.5 Å². The second kappa shape index (κ2) is 36.6. The highest BCUT2D eigenvalue weighted by Crippen LogP contribution is 2.36.